The fourth-order valence-electron chi connectivity index (χ4n) is 6.14. The van der Waals surface area contributed by atoms with Crippen LogP contribution in [0.4, 0.5) is 0 Å². The van der Waals surface area contributed by atoms with E-state index in [0.717, 1.165) is 47.1 Å². The number of esters is 1. The van der Waals surface area contributed by atoms with Crippen molar-refractivity contribution >= 4 is 24.1 Å². The number of hydrogen-bond acceptors (Lipinski definition) is 8. The highest BCUT2D eigenvalue weighted by atomic mass is 16.7. The lowest BCUT2D eigenvalue weighted by atomic mass is 9.80. The highest BCUT2D eigenvalue weighted by molar-refractivity contribution is 5.91. The van der Waals surface area contributed by atoms with Crippen LogP contribution in [0, 0.1) is 5.92 Å². The largest absolute Gasteiger partial charge is 0.454 e. The molecule has 3 heterocycles. The number of ether oxygens (including phenoxy) is 3. The highest BCUT2D eigenvalue weighted by Gasteiger charge is 2.54. The van der Waals surface area contributed by atoms with Crippen LogP contribution in [-0.4, -0.2) is 59.6 Å². The minimum atomic E-state index is -1.88. The second-order valence-electron chi connectivity index (χ2n) is 10.7. The summed E-state index contributed by atoms with van der Waals surface area (Å²) >= 11 is 0. The van der Waals surface area contributed by atoms with Gasteiger partial charge in [-0.15, -0.1) is 0 Å². The quantitative estimate of drug-likeness (QED) is 0.433. The van der Waals surface area contributed by atoms with E-state index < -0.39 is 17.1 Å². The van der Waals surface area contributed by atoms with Crippen LogP contribution in [0.3, 0.4) is 0 Å². The van der Waals surface area contributed by atoms with E-state index in [0.29, 0.717) is 49.4 Å². The van der Waals surface area contributed by atoms with Gasteiger partial charge in [0.2, 0.25) is 6.79 Å². The van der Waals surface area contributed by atoms with E-state index in [1.807, 2.05) is 32.9 Å². The van der Waals surface area contributed by atoms with Crippen molar-refractivity contribution < 1.29 is 33.7 Å². The Kier molecular flexibility index (Phi) is 6.29. The van der Waals surface area contributed by atoms with Crippen molar-refractivity contribution in [3.63, 3.8) is 0 Å². The van der Waals surface area contributed by atoms with Crippen molar-refractivity contribution in [3.05, 3.63) is 40.2 Å². The highest BCUT2D eigenvalue weighted by Crippen LogP contribution is 2.56. The molecule has 0 aromatic heterocycles. The Labute approximate surface area is 210 Å². The molecule has 0 radical (unpaired) electrons. The van der Waals surface area contributed by atoms with Crippen LogP contribution in [0.1, 0.15) is 64.0 Å². The van der Waals surface area contributed by atoms with Gasteiger partial charge >= 0.3 is 5.97 Å². The fourth-order valence-corrected chi connectivity index (χ4v) is 6.14. The monoisotopic (exact) mass is 495 g/mol. The zero-order valence-corrected chi connectivity index (χ0v) is 21.1. The standard InChI is InChI=1S/C28H33NO7/c1-17(2)4-7-27(33,9-11-30)26(32)36-22-5-8-28-18(3)20(15-31)14-29(28)10-6-19-12-23-24(35-16-34-23)13-21(19)25(22)28/h11-13,15,17,33H,4-10,14,16H2,1-3H3. The van der Waals surface area contributed by atoms with E-state index in [1.54, 1.807) is 0 Å². The van der Waals surface area contributed by atoms with E-state index in [-0.39, 0.29) is 25.6 Å². The Bertz CT molecular complexity index is 1180. The summed E-state index contributed by atoms with van der Waals surface area (Å²) in [4.78, 5) is 39.0. The second kappa shape index (κ2) is 9.16. The first kappa shape index (κ1) is 24.7. The smallest absolute Gasteiger partial charge is 0.343 e. The molecule has 1 spiro atoms. The zero-order chi connectivity index (χ0) is 25.7. The second-order valence-corrected chi connectivity index (χ2v) is 10.7. The van der Waals surface area contributed by atoms with Gasteiger partial charge in [0.05, 0.1) is 5.54 Å². The number of rotatable bonds is 8. The van der Waals surface area contributed by atoms with E-state index in [9.17, 15) is 19.5 Å². The van der Waals surface area contributed by atoms with Gasteiger partial charge < -0.3 is 24.1 Å². The lowest BCUT2D eigenvalue weighted by molar-refractivity contribution is -0.163. The maximum atomic E-state index is 13.4. The van der Waals surface area contributed by atoms with Crippen LogP contribution >= 0.6 is 0 Å². The molecule has 0 saturated carbocycles. The molecule has 0 amide bonds. The minimum Gasteiger partial charge on any atom is -0.454 e. The molecular formula is C28H33NO7. The summed E-state index contributed by atoms with van der Waals surface area (Å²) in [5.41, 5.74) is 2.06. The van der Waals surface area contributed by atoms with Gasteiger partial charge in [0, 0.05) is 37.1 Å². The molecule has 1 aliphatic carbocycles. The summed E-state index contributed by atoms with van der Waals surface area (Å²) in [6.45, 7) is 7.40. The van der Waals surface area contributed by atoms with Gasteiger partial charge in [0.25, 0.3) is 0 Å². The minimum absolute atomic E-state index is 0.144. The normalized spacial score (nSPS) is 24.2. The third-order valence-electron chi connectivity index (χ3n) is 8.22. The maximum absolute atomic E-state index is 13.4. The Morgan fingerprint density at radius 2 is 2.00 bits per heavy atom. The van der Waals surface area contributed by atoms with Gasteiger partial charge in [0.15, 0.2) is 17.1 Å². The molecule has 1 aromatic rings. The van der Waals surface area contributed by atoms with Crippen molar-refractivity contribution in [2.75, 3.05) is 19.9 Å². The maximum Gasteiger partial charge on any atom is 0.343 e. The van der Waals surface area contributed by atoms with Crippen LogP contribution in [0.5, 0.6) is 11.5 Å². The van der Waals surface area contributed by atoms with Crippen molar-refractivity contribution in [2.45, 2.75) is 70.4 Å². The Balaban J connectivity index is 1.63. The summed E-state index contributed by atoms with van der Waals surface area (Å²) < 4.78 is 17.3. The number of hydrogen-bond donors (Lipinski definition) is 1. The van der Waals surface area contributed by atoms with Crippen LogP contribution in [0.25, 0.3) is 5.57 Å². The first-order valence-electron chi connectivity index (χ1n) is 12.7. The van der Waals surface area contributed by atoms with Gasteiger partial charge in [-0.3, -0.25) is 9.69 Å². The zero-order valence-electron chi connectivity index (χ0n) is 21.1. The van der Waals surface area contributed by atoms with Crippen LogP contribution in [0.2, 0.25) is 0 Å². The van der Waals surface area contributed by atoms with Gasteiger partial charge in [-0.05, 0) is 67.4 Å². The lowest BCUT2D eigenvalue weighted by Gasteiger charge is -2.38. The Morgan fingerprint density at radius 3 is 2.69 bits per heavy atom. The molecule has 5 rings (SSSR count). The Hall–Kier alpha value is -2.97. The first-order chi connectivity index (χ1) is 17.2. The van der Waals surface area contributed by atoms with Crippen molar-refractivity contribution in [2.24, 2.45) is 5.92 Å². The van der Waals surface area contributed by atoms with E-state index in [4.69, 9.17) is 14.2 Å². The number of carbonyl (C=O) groups is 3. The molecular weight excluding hydrogens is 462 g/mol. The van der Waals surface area contributed by atoms with Crippen molar-refractivity contribution in [1.29, 1.82) is 0 Å². The van der Waals surface area contributed by atoms with Crippen molar-refractivity contribution in [1.82, 2.24) is 4.90 Å². The molecule has 3 aliphatic heterocycles. The molecule has 1 N–H and O–H groups in total. The summed E-state index contributed by atoms with van der Waals surface area (Å²) in [5, 5.41) is 11.1. The van der Waals surface area contributed by atoms with Gasteiger partial charge in [0.1, 0.15) is 18.3 Å². The van der Waals surface area contributed by atoms with Crippen LogP contribution in [0.15, 0.2) is 29.0 Å². The number of nitrogens with zero attached hydrogens (tertiary/aromatic N) is 1. The molecule has 1 aromatic carbocycles. The predicted octanol–water partition coefficient (Wildman–Crippen LogP) is 3.35. The average molecular weight is 496 g/mol. The molecule has 0 fully saturated rings. The average Bonchev–Trinajstić information content (AvgIpc) is 3.51. The van der Waals surface area contributed by atoms with Gasteiger partial charge in [-0.2, -0.15) is 0 Å². The molecule has 192 valence electrons. The molecule has 2 atom stereocenters. The SMILES string of the molecule is CC1=C(C=O)CN2CCc3cc4c(cc3C3=C(OC(=O)C(O)(CC=O)CCC(C)C)CCC132)OCO4. The number of aliphatic hydroxyl groups is 1. The number of aldehydes is 2. The summed E-state index contributed by atoms with van der Waals surface area (Å²) in [7, 11) is 0. The van der Waals surface area contributed by atoms with E-state index in [2.05, 4.69) is 4.90 Å². The number of fused-ring (bicyclic) bond motifs is 3. The topological polar surface area (TPSA) is 102 Å². The van der Waals surface area contributed by atoms with Crippen LogP contribution < -0.4 is 9.47 Å². The fraction of sp³-hybridized carbons (Fsp3) is 0.536. The number of allylic oxidation sites excluding steroid dienone is 1. The predicted molar refractivity (Wildman–Crippen MR) is 131 cm³/mol. The number of benzene rings is 1. The van der Waals surface area contributed by atoms with Crippen LogP contribution in [-0.2, 0) is 25.5 Å². The first-order valence-corrected chi connectivity index (χ1v) is 12.7. The van der Waals surface area contributed by atoms with Crippen molar-refractivity contribution in [3.8, 4) is 11.5 Å². The molecule has 4 aliphatic rings. The van der Waals surface area contributed by atoms with E-state index >= 15 is 0 Å². The molecule has 36 heavy (non-hydrogen) atoms. The van der Waals surface area contributed by atoms with Gasteiger partial charge in [-0.1, -0.05) is 13.8 Å². The molecule has 0 saturated heterocycles. The third kappa shape index (κ3) is 3.78. The molecule has 8 nitrogen and oxygen atoms in total. The molecule has 0 bridgehead atoms. The molecule has 8 heteroatoms. The third-order valence-corrected chi connectivity index (χ3v) is 8.22. The molecule has 2 unspecified atom stereocenters. The van der Waals surface area contributed by atoms with E-state index in [1.165, 1.54) is 0 Å². The summed E-state index contributed by atoms with van der Waals surface area (Å²) in [6, 6.07) is 3.93. The van der Waals surface area contributed by atoms with Gasteiger partial charge in [-0.25, -0.2) is 4.79 Å². The summed E-state index contributed by atoms with van der Waals surface area (Å²) in [5.74, 6) is 1.26. The Morgan fingerprint density at radius 1 is 1.25 bits per heavy atom. The lowest BCUT2D eigenvalue weighted by Crippen LogP contribution is -2.45. The summed E-state index contributed by atoms with van der Waals surface area (Å²) in [6.07, 6.45) is 3.76. The number of carbonyl (C=O) groups excluding carboxylic acids is 3.